The highest BCUT2D eigenvalue weighted by Gasteiger charge is 1.87. The number of rotatable bonds is 0. The quantitative estimate of drug-likeness (QED) is 0.371. The largest absolute Gasteiger partial charge is 0.430 e. The lowest BCUT2D eigenvalue weighted by Gasteiger charge is -1.97. The minimum atomic E-state index is 0.174. The molecule has 0 aliphatic heterocycles. The van der Waals surface area contributed by atoms with E-state index in [-0.39, 0.29) is 5.90 Å². The molecule has 0 aliphatic rings. The van der Waals surface area contributed by atoms with Crippen LogP contribution in [0.3, 0.4) is 0 Å². The summed E-state index contributed by atoms with van der Waals surface area (Å²) >= 11 is 0. The molecular formula is C5H10N2O. The van der Waals surface area contributed by atoms with Crippen LogP contribution in [0.2, 0.25) is 0 Å². The summed E-state index contributed by atoms with van der Waals surface area (Å²) < 4.78 is 4.73. The third kappa shape index (κ3) is 3.33. The minimum Gasteiger partial charge on any atom is -0.430 e. The summed E-state index contributed by atoms with van der Waals surface area (Å²) in [5.41, 5.74) is 0. The molecule has 3 nitrogen and oxygen atoms in total. The van der Waals surface area contributed by atoms with Gasteiger partial charge in [-0.1, -0.05) is 0 Å². The molecule has 0 atom stereocenters. The zero-order valence-electron chi connectivity index (χ0n) is 5.36. The lowest BCUT2D eigenvalue weighted by Crippen LogP contribution is -2.03. The van der Waals surface area contributed by atoms with E-state index >= 15 is 0 Å². The lowest BCUT2D eigenvalue weighted by molar-refractivity contribution is 0.530. The number of aliphatic imine (C=N–C) groups is 1. The minimum absolute atomic E-state index is 0.174. The van der Waals surface area contributed by atoms with Gasteiger partial charge in [0.25, 0.3) is 0 Å². The average Bonchev–Trinajstić information content (AvgIpc) is 1.65. The van der Waals surface area contributed by atoms with Crippen LogP contribution in [-0.2, 0) is 4.74 Å². The molecule has 0 radical (unpaired) electrons. The number of ether oxygens (including phenoxy) is 1. The van der Waals surface area contributed by atoms with E-state index in [4.69, 9.17) is 10.1 Å². The molecule has 0 saturated heterocycles. The van der Waals surface area contributed by atoms with Gasteiger partial charge in [-0.2, -0.15) is 0 Å². The molecule has 0 aromatic carbocycles. The Balaban J connectivity index is 3.56. The maximum atomic E-state index is 6.82. The summed E-state index contributed by atoms with van der Waals surface area (Å²) in [6.07, 6.45) is 0. The Labute approximate surface area is 48.9 Å². The van der Waals surface area contributed by atoms with Crippen molar-refractivity contribution in [2.75, 3.05) is 7.05 Å². The van der Waals surface area contributed by atoms with Gasteiger partial charge in [0, 0.05) is 20.9 Å². The Hall–Kier alpha value is -0.860. The molecule has 0 bridgehead atoms. The average molecular weight is 114 g/mol. The van der Waals surface area contributed by atoms with Crippen molar-refractivity contribution in [3.63, 3.8) is 0 Å². The van der Waals surface area contributed by atoms with Crippen LogP contribution in [0.25, 0.3) is 0 Å². The van der Waals surface area contributed by atoms with Gasteiger partial charge in [-0.3, -0.25) is 10.4 Å². The van der Waals surface area contributed by atoms with Crippen LogP contribution >= 0.6 is 0 Å². The molecule has 0 heterocycles. The van der Waals surface area contributed by atoms with Crippen molar-refractivity contribution in [1.29, 1.82) is 5.41 Å². The van der Waals surface area contributed by atoms with E-state index in [1.165, 1.54) is 0 Å². The summed E-state index contributed by atoms with van der Waals surface area (Å²) in [6.45, 7) is 3.27. The molecule has 46 valence electrons. The van der Waals surface area contributed by atoms with Crippen molar-refractivity contribution in [3.8, 4) is 0 Å². The van der Waals surface area contributed by atoms with Crippen molar-refractivity contribution in [2.24, 2.45) is 4.99 Å². The van der Waals surface area contributed by atoms with Crippen LogP contribution < -0.4 is 0 Å². The molecule has 0 unspecified atom stereocenters. The molecule has 0 fully saturated rings. The first-order chi connectivity index (χ1) is 3.66. The smallest absolute Gasteiger partial charge is 0.188 e. The Morgan fingerprint density at radius 1 is 1.50 bits per heavy atom. The van der Waals surface area contributed by atoms with Gasteiger partial charge in [0.15, 0.2) is 11.8 Å². The second kappa shape index (κ2) is 3.18. The fraction of sp³-hybridized carbons (Fsp3) is 0.600. The molecule has 0 aromatic heterocycles. The summed E-state index contributed by atoms with van der Waals surface area (Å²) in [5.74, 6) is 0.700. The second-order valence-electron chi connectivity index (χ2n) is 1.40. The van der Waals surface area contributed by atoms with Gasteiger partial charge >= 0.3 is 0 Å². The van der Waals surface area contributed by atoms with E-state index in [9.17, 15) is 0 Å². The molecule has 0 amide bonds. The van der Waals surface area contributed by atoms with Crippen LogP contribution in [0.4, 0.5) is 0 Å². The molecule has 0 rings (SSSR count). The lowest BCUT2D eigenvalue weighted by atomic mass is 10.7. The highest BCUT2D eigenvalue weighted by atomic mass is 16.5. The zero-order chi connectivity index (χ0) is 6.57. The fourth-order valence-corrected chi connectivity index (χ4v) is 0.267. The van der Waals surface area contributed by atoms with Crippen molar-refractivity contribution >= 4 is 11.8 Å². The number of hydrogen-bond acceptors (Lipinski definition) is 3. The van der Waals surface area contributed by atoms with Crippen LogP contribution in [0.5, 0.6) is 0 Å². The van der Waals surface area contributed by atoms with E-state index < -0.39 is 0 Å². The third-order valence-electron chi connectivity index (χ3n) is 0.616. The van der Waals surface area contributed by atoms with E-state index in [0.717, 1.165) is 0 Å². The molecule has 0 aliphatic carbocycles. The highest BCUT2D eigenvalue weighted by Crippen LogP contribution is 1.79. The maximum absolute atomic E-state index is 6.82. The topological polar surface area (TPSA) is 45.4 Å². The number of nitrogens with zero attached hydrogens (tertiary/aromatic N) is 1. The van der Waals surface area contributed by atoms with E-state index in [1.54, 1.807) is 20.9 Å². The molecule has 0 spiro atoms. The van der Waals surface area contributed by atoms with Gasteiger partial charge in [-0.25, -0.2) is 0 Å². The van der Waals surface area contributed by atoms with Gasteiger partial charge < -0.3 is 4.74 Å². The summed E-state index contributed by atoms with van der Waals surface area (Å²) in [6, 6.07) is 0. The summed E-state index contributed by atoms with van der Waals surface area (Å²) in [7, 11) is 1.62. The molecule has 0 saturated carbocycles. The van der Waals surface area contributed by atoms with Gasteiger partial charge in [0.1, 0.15) is 0 Å². The SMILES string of the molecule is C/N=C(/C)OC(C)=N. The zero-order valence-corrected chi connectivity index (χ0v) is 5.36. The normalized spacial score (nSPS) is 11.1. The monoisotopic (exact) mass is 114 g/mol. The number of nitrogens with one attached hydrogen (secondary N) is 1. The first-order valence-corrected chi connectivity index (χ1v) is 2.33. The van der Waals surface area contributed by atoms with E-state index in [1.807, 2.05) is 0 Å². The Morgan fingerprint density at radius 2 is 2.00 bits per heavy atom. The predicted molar refractivity (Wildman–Crippen MR) is 33.5 cm³/mol. The van der Waals surface area contributed by atoms with Crippen molar-refractivity contribution < 1.29 is 4.74 Å². The summed E-state index contributed by atoms with van der Waals surface area (Å²) in [4.78, 5) is 3.68. The molecule has 1 N–H and O–H groups in total. The molecule has 3 heteroatoms. The molecule has 8 heavy (non-hydrogen) atoms. The van der Waals surface area contributed by atoms with Crippen molar-refractivity contribution in [1.82, 2.24) is 0 Å². The molecule has 0 aromatic rings. The van der Waals surface area contributed by atoms with Crippen LogP contribution in [-0.4, -0.2) is 18.8 Å². The number of hydrogen-bond donors (Lipinski definition) is 1. The summed E-state index contributed by atoms with van der Waals surface area (Å²) in [5, 5.41) is 6.82. The van der Waals surface area contributed by atoms with E-state index in [0.29, 0.717) is 5.90 Å². The van der Waals surface area contributed by atoms with Gasteiger partial charge in [-0.15, -0.1) is 0 Å². The third-order valence-corrected chi connectivity index (χ3v) is 0.616. The van der Waals surface area contributed by atoms with Gasteiger partial charge in [0.2, 0.25) is 0 Å². The van der Waals surface area contributed by atoms with Crippen LogP contribution in [0.1, 0.15) is 13.8 Å². The Kier molecular flexibility index (Phi) is 2.84. The first-order valence-electron chi connectivity index (χ1n) is 2.33. The standard InChI is InChI=1S/C5H10N2O/c1-4(6)8-5(2)7-3/h6H,1-3H3/b6-4?,7-5-. The van der Waals surface area contributed by atoms with Crippen molar-refractivity contribution in [3.05, 3.63) is 0 Å². The maximum Gasteiger partial charge on any atom is 0.188 e. The predicted octanol–water partition coefficient (Wildman–Crippen LogP) is 1.05. The van der Waals surface area contributed by atoms with Crippen LogP contribution in [0, 0.1) is 5.41 Å². The van der Waals surface area contributed by atoms with Gasteiger partial charge in [-0.05, 0) is 0 Å². The van der Waals surface area contributed by atoms with Gasteiger partial charge in [0.05, 0.1) is 0 Å². The molecular weight excluding hydrogens is 104 g/mol. The first kappa shape index (κ1) is 7.14. The van der Waals surface area contributed by atoms with Crippen LogP contribution in [0.15, 0.2) is 4.99 Å². The Bertz CT molecular complexity index is 118. The van der Waals surface area contributed by atoms with Crippen molar-refractivity contribution in [2.45, 2.75) is 13.8 Å². The second-order valence-corrected chi connectivity index (χ2v) is 1.40. The Morgan fingerprint density at radius 3 is 2.12 bits per heavy atom. The highest BCUT2D eigenvalue weighted by molar-refractivity contribution is 5.87. The van der Waals surface area contributed by atoms with E-state index in [2.05, 4.69) is 4.99 Å². The fourth-order valence-electron chi connectivity index (χ4n) is 0.267.